The lowest BCUT2D eigenvalue weighted by Gasteiger charge is -2.43. The molecule has 5 rings (SSSR count). The average Bonchev–Trinajstić information content (AvgIpc) is 3.29. The van der Waals surface area contributed by atoms with Crippen molar-refractivity contribution in [2.45, 2.75) is 44.6 Å². The Labute approximate surface area is 154 Å². The van der Waals surface area contributed by atoms with Gasteiger partial charge >= 0.3 is 5.97 Å². The van der Waals surface area contributed by atoms with Crippen molar-refractivity contribution in [3.8, 4) is 0 Å². The first-order valence-corrected chi connectivity index (χ1v) is 9.88. The Kier molecular flexibility index (Phi) is 3.59. The highest BCUT2D eigenvalue weighted by Gasteiger charge is 2.53. The number of carbonyl (C=O) groups is 1. The molecule has 3 nitrogen and oxygen atoms in total. The van der Waals surface area contributed by atoms with E-state index in [1.165, 1.54) is 36.0 Å². The molecule has 2 bridgehead atoms. The second-order valence-corrected chi connectivity index (χ2v) is 8.26. The van der Waals surface area contributed by atoms with Crippen LogP contribution in [0.15, 0.2) is 42.5 Å². The first kappa shape index (κ1) is 15.9. The number of fused-ring (bicyclic) bond motifs is 7. The van der Waals surface area contributed by atoms with Gasteiger partial charge in [-0.25, -0.2) is 4.79 Å². The van der Waals surface area contributed by atoms with Gasteiger partial charge in [-0.2, -0.15) is 0 Å². The van der Waals surface area contributed by atoms with Crippen molar-refractivity contribution in [1.29, 1.82) is 0 Å². The van der Waals surface area contributed by atoms with Gasteiger partial charge < -0.3 is 10.4 Å². The number of aromatic carboxylic acids is 1. The highest BCUT2D eigenvalue weighted by atomic mass is 16.4. The van der Waals surface area contributed by atoms with Crippen molar-refractivity contribution in [2.24, 2.45) is 17.8 Å². The van der Waals surface area contributed by atoms with Crippen LogP contribution in [-0.2, 0) is 6.42 Å². The van der Waals surface area contributed by atoms with E-state index >= 15 is 0 Å². The van der Waals surface area contributed by atoms with Gasteiger partial charge in [0.05, 0.1) is 11.6 Å². The van der Waals surface area contributed by atoms with Crippen LogP contribution in [0, 0.1) is 17.8 Å². The summed E-state index contributed by atoms with van der Waals surface area (Å²) in [5.74, 6) is 1.73. The Morgan fingerprint density at radius 2 is 1.88 bits per heavy atom. The van der Waals surface area contributed by atoms with E-state index in [-0.39, 0.29) is 0 Å². The number of rotatable bonds is 3. The molecule has 0 amide bonds. The number of carboxylic acids is 1. The third-order valence-corrected chi connectivity index (χ3v) is 7.08. The molecule has 2 saturated carbocycles. The van der Waals surface area contributed by atoms with E-state index in [0.717, 1.165) is 18.0 Å². The average molecular weight is 347 g/mol. The predicted octanol–water partition coefficient (Wildman–Crippen LogP) is 5.24. The quantitative estimate of drug-likeness (QED) is 0.798. The van der Waals surface area contributed by atoms with Crippen molar-refractivity contribution in [3.05, 3.63) is 64.7 Å². The molecule has 3 heteroatoms. The molecule has 1 aliphatic heterocycles. The predicted molar refractivity (Wildman–Crippen MR) is 103 cm³/mol. The van der Waals surface area contributed by atoms with Gasteiger partial charge in [-0.15, -0.1) is 0 Å². The van der Waals surface area contributed by atoms with Gasteiger partial charge in [0.2, 0.25) is 0 Å². The first-order valence-electron chi connectivity index (χ1n) is 9.88. The van der Waals surface area contributed by atoms with E-state index < -0.39 is 5.97 Å². The molecule has 0 saturated heterocycles. The summed E-state index contributed by atoms with van der Waals surface area (Å²) in [7, 11) is 0. The van der Waals surface area contributed by atoms with Crippen molar-refractivity contribution in [2.75, 3.05) is 5.32 Å². The van der Waals surface area contributed by atoms with Crippen LogP contribution in [0.2, 0.25) is 0 Å². The maximum Gasteiger partial charge on any atom is 0.335 e. The standard InChI is InChI=1S/C23H25NO2/c1-2-13-3-5-14(6-4-13)22-21-16-8-7-15(11-16)20(21)18-12-17(23(25)26)9-10-19(18)24-22/h3-6,9-10,12,15-16,20-22,24H,2,7-8,11H2,1H3,(H,25,26). The Hall–Kier alpha value is -2.29. The molecule has 0 radical (unpaired) electrons. The van der Waals surface area contributed by atoms with Crippen molar-refractivity contribution >= 4 is 11.7 Å². The summed E-state index contributed by atoms with van der Waals surface area (Å²) in [4.78, 5) is 11.5. The molecule has 5 unspecified atom stereocenters. The topological polar surface area (TPSA) is 49.3 Å². The zero-order valence-electron chi connectivity index (χ0n) is 15.1. The van der Waals surface area contributed by atoms with Gasteiger partial charge in [0.1, 0.15) is 0 Å². The largest absolute Gasteiger partial charge is 0.478 e. The molecule has 26 heavy (non-hydrogen) atoms. The van der Waals surface area contributed by atoms with Crippen LogP contribution in [0.25, 0.3) is 0 Å². The lowest BCUT2D eigenvalue weighted by Crippen LogP contribution is -2.35. The Morgan fingerprint density at radius 1 is 1.12 bits per heavy atom. The number of carboxylic acid groups (broad SMARTS) is 1. The molecule has 0 aromatic heterocycles. The zero-order valence-corrected chi connectivity index (χ0v) is 15.1. The van der Waals surface area contributed by atoms with E-state index in [1.807, 2.05) is 12.1 Å². The molecule has 2 fully saturated rings. The third-order valence-electron chi connectivity index (χ3n) is 7.08. The summed E-state index contributed by atoms with van der Waals surface area (Å²) in [6, 6.07) is 15.1. The van der Waals surface area contributed by atoms with Gasteiger partial charge in [0.15, 0.2) is 0 Å². The van der Waals surface area contributed by atoms with Crippen LogP contribution in [-0.4, -0.2) is 11.1 Å². The Balaban J connectivity index is 1.59. The van der Waals surface area contributed by atoms with Gasteiger partial charge in [-0.3, -0.25) is 0 Å². The summed E-state index contributed by atoms with van der Waals surface area (Å²) in [5, 5.41) is 13.2. The maximum absolute atomic E-state index is 11.5. The lowest BCUT2D eigenvalue weighted by molar-refractivity contribution is 0.0696. The molecule has 3 aliphatic rings. The van der Waals surface area contributed by atoms with Gasteiger partial charge in [-0.05, 0) is 84.2 Å². The van der Waals surface area contributed by atoms with E-state index in [4.69, 9.17) is 0 Å². The summed E-state index contributed by atoms with van der Waals surface area (Å²) in [6.45, 7) is 2.19. The minimum atomic E-state index is -0.829. The van der Waals surface area contributed by atoms with E-state index in [1.54, 1.807) is 6.07 Å². The third kappa shape index (κ3) is 2.29. The number of benzene rings is 2. The number of nitrogens with one attached hydrogen (secondary N) is 1. The van der Waals surface area contributed by atoms with Crippen LogP contribution in [0.1, 0.15) is 65.2 Å². The lowest BCUT2D eigenvalue weighted by atomic mass is 9.68. The highest BCUT2D eigenvalue weighted by Crippen LogP contribution is 2.63. The fraction of sp³-hybridized carbons (Fsp3) is 0.435. The van der Waals surface area contributed by atoms with Gasteiger partial charge in [0.25, 0.3) is 0 Å². The summed E-state index contributed by atoms with van der Waals surface area (Å²) >= 11 is 0. The molecule has 1 heterocycles. The van der Waals surface area contributed by atoms with E-state index in [9.17, 15) is 9.90 Å². The summed E-state index contributed by atoms with van der Waals surface area (Å²) in [6.07, 6.45) is 4.99. The number of hydrogen-bond acceptors (Lipinski definition) is 2. The molecule has 0 spiro atoms. The van der Waals surface area contributed by atoms with E-state index in [0.29, 0.717) is 29.4 Å². The number of aryl methyl sites for hydroxylation is 1. The maximum atomic E-state index is 11.5. The normalized spacial score (nSPS) is 31.2. The van der Waals surface area contributed by atoms with Crippen molar-refractivity contribution in [1.82, 2.24) is 0 Å². The summed E-state index contributed by atoms with van der Waals surface area (Å²) < 4.78 is 0. The fourth-order valence-corrected chi connectivity index (χ4v) is 5.91. The zero-order chi connectivity index (χ0) is 17.8. The molecule has 2 aromatic rings. The van der Waals surface area contributed by atoms with Crippen LogP contribution < -0.4 is 5.32 Å². The molecule has 5 atom stereocenters. The minimum absolute atomic E-state index is 0.337. The first-order chi connectivity index (χ1) is 12.7. The summed E-state index contributed by atoms with van der Waals surface area (Å²) in [5.41, 5.74) is 5.54. The van der Waals surface area contributed by atoms with Crippen molar-refractivity contribution < 1.29 is 9.90 Å². The fourth-order valence-electron chi connectivity index (χ4n) is 5.91. The minimum Gasteiger partial charge on any atom is -0.478 e. The Morgan fingerprint density at radius 3 is 2.62 bits per heavy atom. The molecular weight excluding hydrogens is 322 g/mol. The molecule has 2 aliphatic carbocycles. The Bertz CT molecular complexity index is 857. The van der Waals surface area contributed by atoms with E-state index in [2.05, 4.69) is 36.5 Å². The second kappa shape index (κ2) is 5.87. The molecule has 2 aromatic carbocycles. The smallest absolute Gasteiger partial charge is 0.335 e. The van der Waals surface area contributed by atoms with Crippen LogP contribution in [0.5, 0.6) is 0 Å². The van der Waals surface area contributed by atoms with Gasteiger partial charge in [-0.1, -0.05) is 31.2 Å². The SMILES string of the molecule is CCc1ccc(C2Nc3ccc(C(=O)O)cc3C3C4CCC(C4)C23)cc1. The number of anilines is 1. The number of hydrogen-bond donors (Lipinski definition) is 2. The monoisotopic (exact) mass is 347 g/mol. The second-order valence-electron chi connectivity index (χ2n) is 8.26. The highest BCUT2D eigenvalue weighted by molar-refractivity contribution is 5.88. The van der Waals surface area contributed by atoms with Crippen LogP contribution >= 0.6 is 0 Å². The molecule has 2 N–H and O–H groups in total. The van der Waals surface area contributed by atoms with Gasteiger partial charge in [0, 0.05) is 5.69 Å². The van der Waals surface area contributed by atoms with Crippen molar-refractivity contribution in [3.63, 3.8) is 0 Å². The van der Waals surface area contributed by atoms with Crippen LogP contribution in [0.4, 0.5) is 5.69 Å². The molecule has 134 valence electrons. The van der Waals surface area contributed by atoms with Crippen LogP contribution in [0.3, 0.4) is 0 Å². The molecular formula is C23H25NO2.